The summed E-state index contributed by atoms with van der Waals surface area (Å²) in [5, 5.41) is 12.9. The second kappa shape index (κ2) is 8.27. The van der Waals surface area contributed by atoms with Crippen LogP contribution in [0.5, 0.6) is 0 Å². The van der Waals surface area contributed by atoms with Gasteiger partial charge in [0.1, 0.15) is 5.82 Å². The summed E-state index contributed by atoms with van der Waals surface area (Å²) >= 11 is 3.07. The topological polar surface area (TPSA) is 70.7 Å². The summed E-state index contributed by atoms with van der Waals surface area (Å²) in [4.78, 5) is 18.0. The third kappa shape index (κ3) is 4.42. The van der Waals surface area contributed by atoms with Gasteiger partial charge in [0.25, 0.3) is 0 Å². The molecule has 5 nitrogen and oxygen atoms in total. The van der Waals surface area contributed by atoms with Crippen LogP contribution in [0.3, 0.4) is 0 Å². The summed E-state index contributed by atoms with van der Waals surface area (Å²) in [5.74, 6) is 1.20. The Kier molecular flexibility index (Phi) is 5.59. The fraction of sp³-hybridized carbons (Fsp3) is 0.350. The van der Waals surface area contributed by atoms with E-state index in [4.69, 9.17) is 0 Å². The van der Waals surface area contributed by atoms with Crippen molar-refractivity contribution >= 4 is 29.0 Å². The maximum Gasteiger partial charge on any atom is 0.230 e. The SMILES string of the molecule is O=C(CSc1n[nH]c(Cc2cccs2)n1)NCC1(c2ccccc2)CCC1. The average Bonchev–Trinajstić information content (AvgIpc) is 3.32. The van der Waals surface area contributed by atoms with Crippen molar-refractivity contribution in [1.82, 2.24) is 20.5 Å². The molecule has 0 spiro atoms. The van der Waals surface area contributed by atoms with Gasteiger partial charge in [-0.05, 0) is 29.9 Å². The lowest BCUT2D eigenvalue weighted by atomic mass is 9.64. The van der Waals surface area contributed by atoms with E-state index in [1.807, 2.05) is 12.1 Å². The number of aromatic amines is 1. The molecular formula is C20H22N4OS2. The highest BCUT2D eigenvalue weighted by Gasteiger charge is 2.38. The molecule has 0 bridgehead atoms. The molecule has 0 aliphatic heterocycles. The number of carbonyl (C=O) groups is 1. The minimum absolute atomic E-state index is 0.0341. The number of thioether (sulfide) groups is 1. The zero-order valence-electron chi connectivity index (χ0n) is 15.0. The van der Waals surface area contributed by atoms with Gasteiger partial charge in [0.15, 0.2) is 0 Å². The standard InChI is InChI=1S/C20H22N4OS2/c25-18(21-14-20(9-5-10-20)15-6-2-1-3-7-15)13-27-19-22-17(23-24-19)12-16-8-4-11-26-16/h1-4,6-8,11H,5,9-10,12-14H2,(H,21,25)(H,22,23,24). The fourth-order valence-electron chi connectivity index (χ4n) is 3.41. The van der Waals surface area contributed by atoms with Crippen LogP contribution in [0.4, 0.5) is 0 Å². The molecule has 7 heteroatoms. The van der Waals surface area contributed by atoms with E-state index in [1.54, 1.807) is 11.3 Å². The van der Waals surface area contributed by atoms with E-state index in [2.05, 4.69) is 56.2 Å². The minimum Gasteiger partial charge on any atom is -0.354 e. The largest absolute Gasteiger partial charge is 0.354 e. The van der Waals surface area contributed by atoms with E-state index in [0.29, 0.717) is 17.5 Å². The molecule has 2 N–H and O–H groups in total. The highest BCUT2D eigenvalue weighted by Crippen LogP contribution is 2.43. The van der Waals surface area contributed by atoms with Crippen molar-refractivity contribution in [2.24, 2.45) is 0 Å². The number of thiophene rings is 1. The van der Waals surface area contributed by atoms with E-state index in [9.17, 15) is 4.79 Å². The average molecular weight is 399 g/mol. The third-order valence-corrected chi connectivity index (χ3v) is 6.81. The molecule has 1 fully saturated rings. The highest BCUT2D eigenvalue weighted by atomic mass is 32.2. The van der Waals surface area contributed by atoms with Crippen molar-refractivity contribution in [3.63, 3.8) is 0 Å². The first-order chi connectivity index (χ1) is 13.2. The molecule has 1 aliphatic carbocycles. The number of hydrogen-bond donors (Lipinski definition) is 2. The van der Waals surface area contributed by atoms with Crippen molar-refractivity contribution < 1.29 is 4.79 Å². The molecule has 0 atom stereocenters. The number of benzene rings is 1. The lowest BCUT2D eigenvalue weighted by Crippen LogP contribution is -2.46. The molecule has 27 heavy (non-hydrogen) atoms. The van der Waals surface area contributed by atoms with Crippen molar-refractivity contribution in [3.05, 3.63) is 64.1 Å². The van der Waals surface area contributed by atoms with Crippen LogP contribution >= 0.6 is 23.1 Å². The van der Waals surface area contributed by atoms with Crippen molar-refractivity contribution in [3.8, 4) is 0 Å². The quantitative estimate of drug-likeness (QED) is 0.567. The first-order valence-corrected chi connectivity index (χ1v) is 11.0. The second-order valence-electron chi connectivity index (χ2n) is 6.89. The molecule has 3 aromatic rings. The predicted molar refractivity (Wildman–Crippen MR) is 109 cm³/mol. The second-order valence-corrected chi connectivity index (χ2v) is 8.86. The molecule has 0 unspecified atom stereocenters. The van der Waals surface area contributed by atoms with Gasteiger partial charge in [-0.1, -0.05) is 54.6 Å². The maximum atomic E-state index is 12.3. The van der Waals surface area contributed by atoms with E-state index >= 15 is 0 Å². The van der Waals surface area contributed by atoms with Crippen LogP contribution in [0.1, 0.15) is 35.5 Å². The summed E-state index contributed by atoms with van der Waals surface area (Å²) in [6.45, 7) is 0.702. The number of hydrogen-bond acceptors (Lipinski definition) is 5. The Hall–Kier alpha value is -2.12. The highest BCUT2D eigenvalue weighted by molar-refractivity contribution is 7.99. The Morgan fingerprint density at radius 1 is 1.22 bits per heavy atom. The molecule has 2 heterocycles. The normalized spacial score (nSPS) is 15.3. The molecule has 1 saturated carbocycles. The van der Waals surface area contributed by atoms with Crippen LogP contribution in [0, 0.1) is 0 Å². The molecule has 0 saturated heterocycles. The van der Waals surface area contributed by atoms with Gasteiger partial charge >= 0.3 is 0 Å². The van der Waals surface area contributed by atoms with Crippen LogP contribution in [0.25, 0.3) is 0 Å². The predicted octanol–water partition coefficient (Wildman–Crippen LogP) is 3.79. The molecule has 0 radical (unpaired) electrons. The molecule has 1 amide bonds. The summed E-state index contributed by atoms with van der Waals surface area (Å²) < 4.78 is 0. The van der Waals surface area contributed by atoms with E-state index < -0.39 is 0 Å². The van der Waals surface area contributed by atoms with Gasteiger partial charge in [0.2, 0.25) is 11.1 Å². The number of aromatic nitrogens is 3. The third-order valence-electron chi connectivity index (χ3n) is 5.09. The Bertz CT molecular complexity index is 873. The van der Waals surface area contributed by atoms with E-state index in [-0.39, 0.29) is 11.3 Å². The first-order valence-electron chi connectivity index (χ1n) is 9.12. The molecule has 4 rings (SSSR count). The van der Waals surface area contributed by atoms with Crippen LogP contribution in [-0.4, -0.2) is 33.4 Å². The summed E-state index contributed by atoms with van der Waals surface area (Å²) in [6.07, 6.45) is 4.25. The Morgan fingerprint density at radius 2 is 2.07 bits per heavy atom. The van der Waals surface area contributed by atoms with Crippen LogP contribution in [0.15, 0.2) is 53.0 Å². The first kappa shape index (κ1) is 18.3. The maximum absolute atomic E-state index is 12.3. The Morgan fingerprint density at radius 3 is 2.78 bits per heavy atom. The number of amides is 1. The van der Waals surface area contributed by atoms with Crippen molar-refractivity contribution in [2.75, 3.05) is 12.3 Å². The monoisotopic (exact) mass is 398 g/mol. The van der Waals surface area contributed by atoms with Gasteiger partial charge in [-0.2, -0.15) is 0 Å². The summed E-state index contributed by atoms with van der Waals surface area (Å²) in [6, 6.07) is 14.6. The smallest absolute Gasteiger partial charge is 0.230 e. The molecule has 140 valence electrons. The van der Waals surface area contributed by atoms with Crippen molar-refractivity contribution in [1.29, 1.82) is 0 Å². The molecule has 1 aliphatic rings. The van der Waals surface area contributed by atoms with Crippen LogP contribution in [-0.2, 0) is 16.6 Å². The fourth-order valence-corrected chi connectivity index (χ4v) is 4.77. The molecule has 1 aromatic carbocycles. The van der Waals surface area contributed by atoms with Crippen LogP contribution in [0.2, 0.25) is 0 Å². The lowest BCUT2D eigenvalue weighted by molar-refractivity contribution is -0.119. The van der Waals surface area contributed by atoms with Gasteiger partial charge in [-0.25, -0.2) is 4.98 Å². The summed E-state index contributed by atoms with van der Waals surface area (Å²) in [7, 11) is 0. The van der Waals surface area contributed by atoms with E-state index in [1.165, 1.54) is 28.6 Å². The van der Waals surface area contributed by atoms with Crippen molar-refractivity contribution in [2.45, 2.75) is 36.3 Å². The number of nitrogens with one attached hydrogen (secondary N) is 2. The molecule has 2 aromatic heterocycles. The molecular weight excluding hydrogens is 376 g/mol. The summed E-state index contributed by atoms with van der Waals surface area (Å²) in [5.41, 5.74) is 1.44. The lowest BCUT2D eigenvalue weighted by Gasteiger charge is -2.42. The number of H-pyrrole nitrogens is 1. The zero-order valence-corrected chi connectivity index (χ0v) is 16.6. The van der Waals surface area contributed by atoms with Gasteiger partial charge in [0, 0.05) is 23.3 Å². The van der Waals surface area contributed by atoms with Gasteiger partial charge in [-0.15, -0.1) is 16.4 Å². The van der Waals surface area contributed by atoms with Gasteiger partial charge in [0.05, 0.1) is 5.75 Å². The Labute approximate surface area is 167 Å². The number of nitrogens with zero attached hydrogens (tertiary/aromatic N) is 2. The van der Waals surface area contributed by atoms with Gasteiger partial charge < -0.3 is 5.32 Å². The number of rotatable bonds is 8. The Balaban J connectivity index is 1.26. The van der Waals surface area contributed by atoms with E-state index in [0.717, 1.165) is 25.1 Å². The minimum atomic E-state index is 0.0341. The van der Waals surface area contributed by atoms with Gasteiger partial charge in [-0.3, -0.25) is 9.89 Å². The zero-order chi connectivity index (χ0) is 18.5. The van der Waals surface area contributed by atoms with Crippen LogP contribution < -0.4 is 5.32 Å². The number of carbonyl (C=O) groups excluding carboxylic acids is 1.